The Kier molecular flexibility index (Phi) is 5.11. The molecule has 1 aliphatic carbocycles. The van der Waals surface area contributed by atoms with Crippen LogP contribution in [-0.2, 0) is 4.43 Å². The molecule has 92 valence electrons. The second-order valence-corrected chi connectivity index (χ2v) is 16.0. The van der Waals surface area contributed by atoms with E-state index in [2.05, 4.69) is 66.4 Å². The summed E-state index contributed by atoms with van der Waals surface area (Å²) in [6.45, 7) is 11.4. The molecule has 1 rings (SSSR count). The fraction of sp³-hybridized carbons (Fsp3) is 0.833. The Morgan fingerprint density at radius 3 is 2.12 bits per heavy atom. The minimum Gasteiger partial charge on any atom is -0.402 e. The zero-order valence-corrected chi connectivity index (χ0v) is 15.2. The lowest BCUT2D eigenvalue weighted by Crippen LogP contribution is -2.37. The van der Waals surface area contributed by atoms with Crippen molar-refractivity contribution in [3.63, 3.8) is 0 Å². The van der Waals surface area contributed by atoms with Gasteiger partial charge in [-0.2, -0.15) is 0 Å². The lowest BCUT2D eigenvalue weighted by molar-refractivity contribution is 0.215. The molecule has 1 nitrogen and oxygen atoms in total. The fourth-order valence-corrected chi connectivity index (χ4v) is 6.79. The van der Waals surface area contributed by atoms with Gasteiger partial charge in [0.25, 0.3) is 8.32 Å². The molecule has 0 spiro atoms. The van der Waals surface area contributed by atoms with Crippen molar-refractivity contribution in [3.8, 4) is 11.1 Å². The lowest BCUT2D eigenvalue weighted by Gasteiger charge is -2.24. The predicted molar refractivity (Wildman–Crippen MR) is 85.1 cm³/mol. The van der Waals surface area contributed by atoms with Crippen molar-refractivity contribution >= 4 is 39.0 Å². The van der Waals surface area contributed by atoms with Crippen molar-refractivity contribution in [3.05, 3.63) is 0 Å². The van der Waals surface area contributed by atoms with Crippen LogP contribution in [0.25, 0.3) is 0 Å². The standard InChI is InChI=1S/C12H23IOSi2/c1-15(2,3)9-10-16(4,5)14-12-8-6-7-11(12)13/h11-12H,6-8H2,1-5H3/t11-,12-/m0/s1. The van der Waals surface area contributed by atoms with E-state index in [1.54, 1.807) is 0 Å². The van der Waals surface area contributed by atoms with E-state index < -0.39 is 16.4 Å². The Morgan fingerprint density at radius 2 is 1.69 bits per heavy atom. The first-order valence-corrected chi connectivity index (χ1v) is 13.7. The molecule has 0 unspecified atom stereocenters. The van der Waals surface area contributed by atoms with Gasteiger partial charge in [0.2, 0.25) is 0 Å². The number of rotatable bonds is 2. The smallest absolute Gasteiger partial charge is 0.265 e. The Bertz CT molecular complexity index is 298. The van der Waals surface area contributed by atoms with Gasteiger partial charge < -0.3 is 4.43 Å². The maximum Gasteiger partial charge on any atom is 0.265 e. The summed E-state index contributed by atoms with van der Waals surface area (Å²) in [7, 11) is -3.00. The summed E-state index contributed by atoms with van der Waals surface area (Å²) in [5.74, 6) is 0. The molecule has 0 bridgehead atoms. The first-order chi connectivity index (χ1) is 7.20. The van der Waals surface area contributed by atoms with Gasteiger partial charge in [0.05, 0.1) is 6.10 Å². The first kappa shape index (κ1) is 14.7. The molecule has 0 saturated heterocycles. The molecule has 2 atom stereocenters. The van der Waals surface area contributed by atoms with Gasteiger partial charge in [0.1, 0.15) is 8.07 Å². The number of alkyl halides is 1. The van der Waals surface area contributed by atoms with Crippen molar-refractivity contribution in [1.82, 2.24) is 0 Å². The second-order valence-electron chi connectivity index (χ2n) is 6.11. The third-order valence-corrected chi connectivity index (χ3v) is 6.73. The summed E-state index contributed by atoms with van der Waals surface area (Å²) in [5, 5.41) is 0. The molecule has 0 aromatic rings. The molecule has 0 amide bonds. The minimum absolute atomic E-state index is 0.471. The van der Waals surface area contributed by atoms with Crippen LogP contribution in [0.15, 0.2) is 0 Å². The highest BCUT2D eigenvalue weighted by Gasteiger charge is 2.32. The number of halogens is 1. The molecule has 0 aromatic carbocycles. The van der Waals surface area contributed by atoms with Crippen molar-refractivity contribution in [1.29, 1.82) is 0 Å². The Labute approximate surface area is 116 Å². The van der Waals surface area contributed by atoms with E-state index in [1.165, 1.54) is 19.3 Å². The zero-order chi connectivity index (χ0) is 12.4. The minimum atomic E-state index is -1.75. The van der Waals surface area contributed by atoms with Gasteiger partial charge >= 0.3 is 0 Å². The third-order valence-electron chi connectivity index (χ3n) is 2.56. The zero-order valence-electron chi connectivity index (χ0n) is 11.1. The van der Waals surface area contributed by atoms with Gasteiger partial charge in [-0.1, -0.05) is 42.2 Å². The van der Waals surface area contributed by atoms with Gasteiger partial charge in [0, 0.05) is 3.92 Å². The summed E-state index contributed by atoms with van der Waals surface area (Å²) >= 11 is 2.54. The van der Waals surface area contributed by atoms with Crippen LogP contribution in [0.1, 0.15) is 19.3 Å². The molecule has 0 aromatic heterocycles. The summed E-state index contributed by atoms with van der Waals surface area (Å²) in [4.78, 5) is 0. The normalized spacial score (nSPS) is 26.4. The van der Waals surface area contributed by atoms with E-state index in [-0.39, 0.29) is 0 Å². The lowest BCUT2D eigenvalue weighted by atomic mass is 10.3. The van der Waals surface area contributed by atoms with Gasteiger partial charge in [-0.25, -0.2) is 0 Å². The van der Waals surface area contributed by atoms with E-state index in [1.807, 2.05) is 0 Å². The molecule has 0 heterocycles. The third kappa shape index (κ3) is 5.34. The number of hydrogen-bond donors (Lipinski definition) is 0. The fourth-order valence-electron chi connectivity index (χ4n) is 1.76. The number of hydrogen-bond acceptors (Lipinski definition) is 1. The van der Waals surface area contributed by atoms with E-state index in [0.29, 0.717) is 10.0 Å². The molecule has 16 heavy (non-hydrogen) atoms. The van der Waals surface area contributed by atoms with Gasteiger partial charge in [-0.15, -0.1) is 11.1 Å². The summed E-state index contributed by atoms with van der Waals surface area (Å²) < 4.78 is 6.99. The molecule has 1 saturated carbocycles. The van der Waals surface area contributed by atoms with Gasteiger partial charge in [-0.3, -0.25) is 0 Å². The Hall–Kier alpha value is 0.684. The highest BCUT2D eigenvalue weighted by Crippen LogP contribution is 2.30. The van der Waals surface area contributed by atoms with E-state index in [0.717, 1.165) is 0 Å². The molecule has 0 aliphatic heterocycles. The molecule has 4 heteroatoms. The largest absolute Gasteiger partial charge is 0.402 e. The average molecular weight is 366 g/mol. The average Bonchev–Trinajstić information content (AvgIpc) is 2.47. The van der Waals surface area contributed by atoms with Crippen LogP contribution >= 0.6 is 22.6 Å². The quantitative estimate of drug-likeness (QED) is 0.311. The molecule has 1 aliphatic rings. The Morgan fingerprint density at radius 1 is 1.06 bits per heavy atom. The van der Waals surface area contributed by atoms with Crippen LogP contribution in [0.5, 0.6) is 0 Å². The van der Waals surface area contributed by atoms with Crippen LogP contribution in [-0.4, -0.2) is 26.4 Å². The van der Waals surface area contributed by atoms with Crippen LogP contribution in [0.2, 0.25) is 32.7 Å². The van der Waals surface area contributed by atoms with Crippen molar-refractivity contribution < 1.29 is 4.43 Å². The van der Waals surface area contributed by atoms with Crippen LogP contribution < -0.4 is 0 Å². The highest BCUT2D eigenvalue weighted by molar-refractivity contribution is 14.1. The van der Waals surface area contributed by atoms with Crippen LogP contribution in [0.4, 0.5) is 0 Å². The van der Waals surface area contributed by atoms with E-state index in [9.17, 15) is 0 Å². The Balaban J connectivity index is 2.59. The topological polar surface area (TPSA) is 9.23 Å². The maximum atomic E-state index is 6.29. The highest BCUT2D eigenvalue weighted by atomic mass is 127. The molecule has 0 radical (unpaired) electrons. The predicted octanol–water partition coefficient (Wildman–Crippen LogP) is 3.98. The second kappa shape index (κ2) is 5.55. The van der Waals surface area contributed by atoms with Gasteiger partial charge in [0.15, 0.2) is 0 Å². The molecule has 1 fully saturated rings. The summed E-state index contributed by atoms with van der Waals surface area (Å²) in [5.41, 5.74) is 6.95. The van der Waals surface area contributed by atoms with Crippen molar-refractivity contribution in [2.24, 2.45) is 0 Å². The monoisotopic (exact) mass is 366 g/mol. The maximum absolute atomic E-state index is 6.29. The molecular formula is C12H23IOSi2. The summed E-state index contributed by atoms with van der Waals surface area (Å²) in [6, 6.07) is 0. The van der Waals surface area contributed by atoms with E-state index in [4.69, 9.17) is 4.43 Å². The van der Waals surface area contributed by atoms with Crippen LogP contribution in [0.3, 0.4) is 0 Å². The van der Waals surface area contributed by atoms with Crippen molar-refractivity contribution in [2.75, 3.05) is 0 Å². The first-order valence-electron chi connectivity index (χ1n) is 6.06. The molecular weight excluding hydrogens is 343 g/mol. The molecule has 0 N–H and O–H groups in total. The summed E-state index contributed by atoms with van der Waals surface area (Å²) in [6.07, 6.45) is 4.35. The van der Waals surface area contributed by atoms with Crippen LogP contribution in [0, 0.1) is 11.1 Å². The van der Waals surface area contributed by atoms with E-state index >= 15 is 0 Å². The van der Waals surface area contributed by atoms with Gasteiger partial charge in [-0.05, 0) is 32.4 Å². The SMILES string of the molecule is C[Si](C)(C)C#C[Si](C)(C)O[C@H]1CCC[C@@H]1I. The van der Waals surface area contributed by atoms with Crippen molar-refractivity contribution in [2.45, 2.75) is 62.0 Å².